The van der Waals surface area contributed by atoms with E-state index in [2.05, 4.69) is 18.9 Å². The second kappa shape index (κ2) is 6.20. The van der Waals surface area contributed by atoms with Gasteiger partial charge in [-0.3, -0.25) is 4.90 Å². The van der Waals surface area contributed by atoms with Crippen LogP contribution >= 0.6 is 0 Å². The van der Waals surface area contributed by atoms with Gasteiger partial charge in [0, 0.05) is 12.6 Å². The molecule has 0 aliphatic heterocycles. The van der Waals surface area contributed by atoms with E-state index in [9.17, 15) is 9.90 Å². The van der Waals surface area contributed by atoms with Gasteiger partial charge in [-0.15, -0.1) is 0 Å². The van der Waals surface area contributed by atoms with Crippen molar-refractivity contribution in [3.63, 3.8) is 0 Å². The van der Waals surface area contributed by atoms with Crippen molar-refractivity contribution in [3.8, 4) is 0 Å². The lowest BCUT2D eigenvalue weighted by atomic mass is 9.86. The number of carboxylic acid groups (broad SMARTS) is 1. The molecule has 2 rings (SSSR count). The van der Waals surface area contributed by atoms with Crippen LogP contribution in [0.1, 0.15) is 48.5 Å². The fourth-order valence-electron chi connectivity index (χ4n) is 2.95. The smallest absolute Gasteiger partial charge is 0.336 e. The Labute approximate surface area is 115 Å². The minimum atomic E-state index is -0.832. The lowest BCUT2D eigenvalue weighted by Crippen LogP contribution is -2.34. The molecular formula is C16H23NO2. The van der Waals surface area contributed by atoms with Gasteiger partial charge in [-0.05, 0) is 50.3 Å². The zero-order valence-corrected chi connectivity index (χ0v) is 11.8. The van der Waals surface area contributed by atoms with E-state index in [0.29, 0.717) is 11.6 Å². The maximum Gasteiger partial charge on any atom is 0.336 e. The summed E-state index contributed by atoms with van der Waals surface area (Å²) in [5.74, 6) is 0.0113. The van der Waals surface area contributed by atoms with Crippen molar-refractivity contribution in [1.82, 2.24) is 4.90 Å². The predicted molar refractivity (Wildman–Crippen MR) is 76.3 cm³/mol. The Morgan fingerprint density at radius 1 is 1.26 bits per heavy atom. The fraction of sp³-hybridized carbons (Fsp3) is 0.562. The van der Waals surface area contributed by atoms with Crippen molar-refractivity contribution >= 4 is 5.97 Å². The zero-order chi connectivity index (χ0) is 13.8. The number of carbonyl (C=O) groups is 1. The van der Waals surface area contributed by atoms with Gasteiger partial charge in [0.05, 0.1) is 5.56 Å². The molecule has 0 saturated heterocycles. The van der Waals surface area contributed by atoms with Crippen LogP contribution in [0.15, 0.2) is 24.3 Å². The third kappa shape index (κ3) is 3.57. The maximum absolute atomic E-state index is 11.2. The molecule has 0 amide bonds. The Kier molecular flexibility index (Phi) is 4.59. The van der Waals surface area contributed by atoms with E-state index in [1.54, 1.807) is 12.1 Å². The molecule has 1 fully saturated rings. The first kappa shape index (κ1) is 14.1. The molecule has 1 N–H and O–H groups in total. The van der Waals surface area contributed by atoms with Gasteiger partial charge >= 0.3 is 5.97 Å². The standard InChI is InChI=1S/C16H23NO2/c1-12-7-9-14(10-8-12)17(2)11-13-5-3-4-6-15(13)16(18)19/h3-6,12,14H,7-11H2,1-2H3,(H,18,19). The lowest BCUT2D eigenvalue weighted by Gasteiger charge is -2.33. The highest BCUT2D eigenvalue weighted by Gasteiger charge is 2.22. The van der Waals surface area contributed by atoms with Gasteiger partial charge in [0.25, 0.3) is 0 Å². The van der Waals surface area contributed by atoms with E-state index in [1.807, 2.05) is 12.1 Å². The van der Waals surface area contributed by atoms with Crippen LogP contribution in [0.3, 0.4) is 0 Å². The number of aromatic carboxylic acids is 1. The SMILES string of the molecule is CC1CCC(N(C)Cc2ccccc2C(=O)O)CC1. The van der Waals surface area contributed by atoms with Gasteiger partial charge in [0.2, 0.25) is 0 Å². The van der Waals surface area contributed by atoms with Crippen molar-refractivity contribution in [1.29, 1.82) is 0 Å². The molecule has 104 valence electrons. The highest BCUT2D eigenvalue weighted by molar-refractivity contribution is 5.89. The summed E-state index contributed by atoms with van der Waals surface area (Å²) in [6, 6.07) is 7.91. The van der Waals surface area contributed by atoms with Crippen LogP contribution in [-0.2, 0) is 6.54 Å². The van der Waals surface area contributed by atoms with Crippen molar-refractivity contribution in [2.24, 2.45) is 5.92 Å². The van der Waals surface area contributed by atoms with Gasteiger partial charge in [-0.2, -0.15) is 0 Å². The molecule has 1 saturated carbocycles. The molecule has 0 radical (unpaired) electrons. The number of hydrogen-bond acceptors (Lipinski definition) is 2. The first-order chi connectivity index (χ1) is 9.08. The minimum Gasteiger partial charge on any atom is -0.478 e. The molecule has 0 aromatic heterocycles. The summed E-state index contributed by atoms with van der Waals surface area (Å²) in [7, 11) is 2.11. The summed E-state index contributed by atoms with van der Waals surface area (Å²) in [5, 5.41) is 9.21. The molecule has 3 heteroatoms. The van der Waals surface area contributed by atoms with Crippen LogP contribution in [0.4, 0.5) is 0 Å². The van der Waals surface area contributed by atoms with Gasteiger partial charge in [0.15, 0.2) is 0 Å². The fourth-order valence-corrected chi connectivity index (χ4v) is 2.95. The summed E-state index contributed by atoms with van der Waals surface area (Å²) in [4.78, 5) is 13.5. The Morgan fingerprint density at radius 3 is 2.53 bits per heavy atom. The number of rotatable bonds is 4. The Hall–Kier alpha value is -1.35. The molecule has 0 spiro atoms. The topological polar surface area (TPSA) is 40.5 Å². The average molecular weight is 261 g/mol. The van der Waals surface area contributed by atoms with E-state index in [1.165, 1.54) is 25.7 Å². The highest BCUT2D eigenvalue weighted by atomic mass is 16.4. The second-order valence-corrected chi connectivity index (χ2v) is 5.79. The molecule has 0 heterocycles. The van der Waals surface area contributed by atoms with Crippen LogP contribution in [0.25, 0.3) is 0 Å². The summed E-state index contributed by atoms with van der Waals surface area (Å²) in [6.07, 6.45) is 5.03. The Morgan fingerprint density at radius 2 is 1.89 bits per heavy atom. The van der Waals surface area contributed by atoms with Gasteiger partial charge in [-0.1, -0.05) is 25.1 Å². The first-order valence-corrected chi connectivity index (χ1v) is 7.09. The van der Waals surface area contributed by atoms with E-state index >= 15 is 0 Å². The zero-order valence-electron chi connectivity index (χ0n) is 11.8. The van der Waals surface area contributed by atoms with Crippen molar-refractivity contribution < 1.29 is 9.90 Å². The van der Waals surface area contributed by atoms with Crippen LogP contribution in [0.2, 0.25) is 0 Å². The Balaban J connectivity index is 2.02. The molecule has 19 heavy (non-hydrogen) atoms. The van der Waals surface area contributed by atoms with Gasteiger partial charge in [0.1, 0.15) is 0 Å². The lowest BCUT2D eigenvalue weighted by molar-refractivity contribution is 0.0693. The third-order valence-corrected chi connectivity index (χ3v) is 4.28. The monoisotopic (exact) mass is 261 g/mol. The number of nitrogens with zero attached hydrogens (tertiary/aromatic N) is 1. The normalized spacial score (nSPS) is 23.5. The van der Waals surface area contributed by atoms with Gasteiger partial charge < -0.3 is 5.11 Å². The number of carboxylic acids is 1. The van der Waals surface area contributed by atoms with Crippen LogP contribution in [-0.4, -0.2) is 29.1 Å². The molecular weight excluding hydrogens is 238 g/mol. The quantitative estimate of drug-likeness (QED) is 0.903. The van der Waals surface area contributed by atoms with E-state index < -0.39 is 5.97 Å². The Bertz CT molecular complexity index is 436. The van der Waals surface area contributed by atoms with Crippen molar-refractivity contribution in [2.75, 3.05) is 7.05 Å². The largest absolute Gasteiger partial charge is 0.478 e. The highest BCUT2D eigenvalue weighted by Crippen LogP contribution is 2.27. The summed E-state index contributed by atoms with van der Waals surface area (Å²) in [5.41, 5.74) is 1.34. The molecule has 0 bridgehead atoms. The van der Waals surface area contributed by atoms with Crippen molar-refractivity contribution in [2.45, 2.75) is 45.2 Å². The minimum absolute atomic E-state index is 0.429. The van der Waals surface area contributed by atoms with Gasteiger partial charge in [-0.25, -0.2) is 4.79 Å². The molecule has 3 nitrogen and oxygen atoms in total. The van der Waals surface area contributed by atoms with Crippen LogP contribution < -0.4 is 0 Å². The van der Waals surface area contributed by atoms with Crippen LogP contribution in [0.5, 0.6) is 0 Å². The van der Waals surface area contributed by atoms with Crippen molar-refractivity contribution in [3.05, 3.63) is 35.4 Å². The molecule has 0 atom stereocenters. The molecule has 1 aliphatic carbocycles. The van der Waals surface area contributed by atoms with E-state index in [-0.39, 0.29) is 0 Å². The van der Waals surface area contributed by atoms with E-state index in [0.717, 1.165) is 18.0 Å². The number of benzene rings is 1. The summed E-state index contributed by atoms with van der Waals surface area (Å²) < 4.78 is 0. The molecule has 1 aromatic carbocycles. The summed E-state index contributed by atoms with van der Waals surface area (Å²) in [6.45, 7) is 3.04. The molecule has 1 aromatic rings. The average Bonchev–Trinajstić information content (AvgIpc) is 2.39. The molecule has 1 aliphatic rings. The molecule has 0 unspecified atom stereocenters. The third-order valence-electron chi connectivity index (χ3n) is 4.28. The predicted octanol–water partition coefficient (Wildman–Crippen LogP) is 3.40. The maximum atomic E-state index is 11.2. The van der Waals surface area contributed by atoms with E-state index in [4.69, 9.17) is 0 Å². The summed E-state index contributed by atoms with van der Waals surface area (Å²) >= 11 is 0. The second-order valence-electron chi connectivity index (χ2n) is 5.79. The number of hydrogen-bond donors (Lipinski definition) is 1. The first-order valence-electron chi connectivity index (χ1n) is 7.09. The van der Waals surface area contributed by atoms with Crippen LogP contribution in [0, 0.1) is 5.92 Å².